The van der Waals surface area contributed by atoms with Gasteiger partial charge in [-0.2, -0.15) is 5.10 Å². The Morgan fingerprint density at radius 3 is 1.91 bits per heavy atom. The molecule has 1 N–H and O–H groups in total. The highest BCUT2D eigenvalue weighted by atomic mass is 32.2. The highest BCUT2D eigenvalue weighted by Gasteiger charge is 2.23. The Kier molecular flexibility index (Phi) is 7.09. The fraction of sp³-hybridized carbons (Fsp3) is 0.824. The number of sulfonamides is 1. The molecule has 0 aliphatic heterocycles. The van der Waals surface area contributed by atoms with Gasteiger partial charge in [0.05, 0.1) is 11.9 Å². The number of aryl methyl sites for hydroxylation is 1. The molecule has 1 aromatic heterocycles. The van der Waals surface area contributed by atoms with Crippen LogP contribution in [-0.2, 0) is 17.1 Å². The maximum atomic E-state index is 12.6. The first-order valence-corrected chi connectivity index (χ1v) is 10.5. The predicted molar refractivity (Wildman–Crippen MR) is 92.8 cm³/mol. The first kappa shape index (κ1) is 18.5. The highest BCUT2D eigenvalue weighted by molar-refractivity contribution is 7.89. The molecule has 1 saturated carbocycles. The molecule has 1 aliphatic rings. The average Bonchev–Trinajstić information content (AvgIpc) is 2.82. The molecule has 0 saturated heterocycles. The third kappa shape index (κ3) is 5.60. The summed E-state index contributed by atoms with van der Waals surface area (Å²) in [4.78, 5) is 0.311. The topological polar surface area (TPSA) is 64.0 Å². The van der Waals surface area contributed by atoms with E-state index in [9.17, 15) is 8.42 Å². The highest BCUT2D eigenvalue weighted by Crippen LogP contribution is 2.20. The Hall–Kier alpha value is -0.880. The molecule has 0 radical (unpaired) electrons. The maximum Gasteiger partial charge on any atom is 0.244 e. The second-order valence-electron chi connectivity index (χ2n) is 6.80. The summed E-state index contributed by atoms with van der Waals surface area (Å²) in [5.41, 5.74) is 0.686. The molecule has 0 bridgehead atoms. The SMILES string of the molecule is Cc1c(S(=O)(=O)NC2CCCCCCCCCCC2)cnn1C. The Balaban J connectivity index is 2.00. The van der Waals surface area contributed by atoms with Gasteiger partial charge in [-0.05, 0) is 19.8 Å². The van der Waals surface area contributed by atoms with Gasteiger partial charge in [0, 0.05) is 13.1 Å². The van der Waals surface area contributed by atoms with Crippen LogP contribution in [0.2, 0.25) is 0 Å². The van der Waals surface area contributed by atoms with Crippen molar-refractivity contribution in [2.24, 2.45) is 7.05 Å². The van der Waals surface area contributed by atoms with E-state index in [1.54, 1.807) is 18.7 Å². The van der Waals surface area contributed by atoms with E-state index >= 15 is 0 Å². The molecular formula is C17H31N3O2S. The monoisotopic (exact) mass is 341 g/mol. The van der Waals surface area contributed by atoms with Crippen molar-refractivity contribution < 1.29 is 8.42 Å². The van der Waals surface area contributed by atoms with Gasteiger partial charge in [0.15, 0.2) is 0 Å². The van der Waals surface area contributed by atoms with Crippen molar-refractivity contribution in [3.05, 3.63) is 11.9 Å². The second kappa shape index (κ2) is 8.83. The van der Waals surface area contributed by atoms with Gasteiger partial charge in [-0.3, -0.25) is 4.68 Å². The van der Waals surface area contributed by atoms with Gasteiger partial charge in [0.25, 0.3) is 0 Å². The van der Waals surface area contributed by atoms with Crippen LogP contribution < -0.4 is 4.72 Å². The van der Waals surface area contributed by atoms with Crippen molar-refractivity contribution in [2.75, 3.05) is 0 Å². The predicted octanol–water partition coefficient (Wildman–Crippen LogP) is 3.68. The molecule has 132 valence electrons. The third-order valence-electron chi connectivity index (χ3n) is 4.91. The third-order valence-corrected chi connectivity index (χ3v) is 6.53. The summed E-state index contributed by atoms with van der Waals surface area (Å²) in [6.07, 6.45) is 14.5. The normalized spacial score (nSPS) is 19.9. The van der Waals surface area contributed by atoms with Crippen LogP contribution in [0.25, 0.3) is 0 Å². The molecule has 6 heteroatoms. The number of hydrogen-bond donors (Lipinski definition) is 1. The largest absolute Gasteiger partial charge is 0.272 e. The van der Waals surface area contributed by atoms with E-state index in [1.807, 2.05) is 0 Å². The molecule has 0 aromatic carbocycles. The Labute approximate surface area is 140 Å². The van der Waals surface area contributed by atoms with Crippen molar-refractivity contribution in [3.63, 3.8) is 0 Å². The fourth-order valence-electron chi connectivity index (χ4n) is 3.31. The molecule has 2 rings (SSSR count). The van der Waals surface area contributed by atoms with Crippen LogP contribution in [-0.4, -0.2) is 24.2 Å². The van der Waals surface area contributed by atoms with E-state index < -0.39 is 10.0 Å². The Bertz CT molecular complexity index is 569. The van der Waals surface area contributed by atoms with Gasteiger partial charge in [-0.25, -0.2) is 13.1 Å². The van der Waals surface area contributed by atoms with Crippen LogP contribution in [0, 0.1) is 6.92 Å². The molecular weight excluding hydrogens is 310 g/mol. The van der Waals surface area contributed by atoms with Gasteiger partial charge < -0.3 is 0 Å². The number of aromatic nitrogens is 2. The molecule has 5 nitrogen and oxygen atoms in total. The summed E-state index contributed by atoms with van der Waals surface area (Å²) in [6, 6.07) is 0.0547. The van der Waals surface area contributed by atoms with Crippen molar-refractivity contribution in [1.29, 1.82) is 0 Å². The summed E-state index contributed by atoms with van der Waals surface area (Å²) in [7, 11) is -1.70. The van der Waals surface area contributed by atoms with Gasteiger partial charge in [-0.15, -0.1) is 0 Å². The molecule has 0 atom stereocenters. The van der Waals surface area contributed by atoms with Crippen molar-refractivity contribution in [2.45, 2.75) is 88.5 Å². The molecule has 0 amide bonds. The van der Waals surface area contributed by atoms with Crippen molar-refractivity contribution in [1.82, 2.24) is 14.5 Å². The van der Waals surface area contributed by atoms with Crippen molar-refractivity contribution >= 4 is 10.0 Å². The minimum absolute atomic E-state index is 0.0547. The van der Waals surface area contributed by atoms with Crippen LogP contribution in [0.15, 0.2) is 11.1 Å². The van der Waals surface area contributed by atoms with Crippen LogP contribution >= 0.6 is 0 Å². The molecule has 23 heavy (non-hydrogen) atoms. The van der Waals surface area contributed by atoms with Crippen LogP contribution in [0.3, 0.4) is 0 Å². The summed E-state index contributed by atoms with van der Waals surface area (Å²) in [5.74, 6) is 0. The van der Waals surface area contributed by atoms with Crippen LogP contribution in [0.5, 0.6) is 0 Å². The first-order chi connectivity index (χ1) is 11.0. The average molecular weight is 342 g/mol. The summed E-state index contributed by atoms with van der Waals surface area (Å²) >= 11 is 0. The van der Waals surface area contributed by atoms with Crippen LogP contribution in [0.1, 0.15) is 76.3 Å². The van der Waals surface area contributed by atoms with E-state index in [-0.39, 0.29) is 6.04 Å². The lowest BCUT2D eigenvalue weighted by Crippen LogP contribution is -2.35. The van der Waals surface area contributed by atoms with E-state index in [4.69, 9.17) is 0 Å². The lowest BCUT2D eigenvalue weighted by atomic mass is 9.98. The zero-order valence-corrected chi connectivity index (χ0v) is 15.4. The van der Waals surface area contributed by atoms with Crippen molar-refractivity contribution in [3.8, 4) is 0 Å². The van der Waals surface area contributed by atoms with Gasteiger partial charge in [0.1, 0.15) is 4.90 Å². The summed E-state index contributed by atoms with van der Waals surface area (Å²) in [6.45, 7) is 1.79. The van der Waals surface area contributed by atoms with E-state index in [0.717, 1.165) is 25.7 Å². The van der Waals surface area contributed by atoms with E-state index in [2.05, 4.69) is 9.82 Å². The molecule has 0 spiro atoms. The fourth-order valence-corrected chi connectivity index (χ4v) is 4.81. The second-order valence-corrected chi connectivity index (χ2v) is 8.48. The summed E-state index contributed by atoms with van der Waals surface area (Å²) in [5, 5.41) is 4.06. The number of rotatable bonds is 3. The standard InChI is InChI=1S/C17H31N3O2S/c1-15-17(14-18-20(15)2)23(21,22)19-16-12-10-8-6-4-3-5-7-9-11-13-16/h14,16,19H,3-13H2,1-2H3. The van der Waals surface area contributed by atoms with Crippen LogP contribution in [0.4, 0.5) is 0 Å². The number of hydrogen-bond acceptors (Lipinski definition) is 3. The summed E-state index contributed by atoms with van der Waals surface area (Å²) < 4.78 is 29.8. The Morgan fingerprint density at radius 1 is 1.00 bits per heavy atom. The zero-order chi connectivity index (χ0) is 16.7. The van der Waals surface area contributed by atoms with E-state index in [1.165, 1.54) is 51.1 Å². The first-order valence-electron chi connectivity index (χ1n) is 9.01. The smallest absolute Gasteiger partial charge is 0.244 e. The molecule has 1 aliphatic carbocycles. The minimum Gasteiger partial charge on any atom is -0.272 e. The molecule has 1 heterocycles. The Morgan fingerprint density at radius 2 is 1.48 bits per heavy atom. The van der Waals surface area contributed by atoms with Gasteiger partial charge in [0.2, 0.25) is 10.0 Å². The molecule has 1 aromatic rings. The molecule has 1 fully saturated rings. The number of nitrogens with zero attached hydrogens (tertiary/aromatic N) is 2. The quantitative estimate of drug-likeness (QED) is 0.912. The molecule has 0 unspecified atom stereocenters. The minimum atomic E-state index is -3.47. The lowest BCUT2D eigenvalue weighted by molar-refractivity contribution is 0.439. The van der Waals surface area contributed by atoms with Gasteiger partial charge in [-0.1, -0.05) is 57.8 Å². The lowest BCUT2D eigenvalue weighted by Gasteiger charge is -2.19. The van der Waals surface area contributed by atoms with Gasteiger partial charge >= 0.3 is 0 Å². The van der Waals surface area contributed by atoms with E-state index in [0.29, 0.717) is 10.6 Å². The zero-order valence-electron chi connectivity index (χ0n) is 14.6. The maximum absolute atomic E-state index is 12.6. The number of nitrogens with one attached hydrogen (secondary N) is 1.